The molecule has 3 rings (SSSR count). The normalized spacial score (nSPS) is 14.8. The third-order valence-electron chi connectivity index (χ3n) is 8.49. The van der Waals surface area contributed by atoms with Gasteiger partial charge in [-0.3, -0.25) is 14.4 Å². The summed E-state index contributed by atoms with van der Waals surface area (Å²) >= 11 is 0. The highest BCUT2D eigenvalue weighted by Crippen LogP contribution is 2.14. The van der Waals surface area contributed by atoms with Crippen LogP contribution in [0.1, 0.15) is 63.8 Å². The summed E-state index contributed by atoms with van der Waals surface area (Å²) in [7, 11) is 0. The Morgan fingerprint density at radius 3 is 2.02 bits per heavy atom. The first kappa shape index (κ1) is 39.7. The maximum Gasteiger partial charge on any atom is 0.408 e. The van der Waals surface area contributed by atoms with Crippen molar-refractivity contribution in [3.05, 3.63) is 90.0 Å². The van der Waals surface area contributed by atoms with Crippen LogP contribution in [-0.4, -0.2) is 80.9 Å². The number of aromatic amines is 1. The number of amides is 4. The Bertz CT molecular complexity index is 1460. The topological polar surface area (TPSA) is 195 Å². The Hall–Kier alpha value is -4.75. The van der Waals surface area contributed by atoms with Crippen LogP contribution in [0.4, 0.5) is 4.79 Å². The van der Waals surface area contributed by atoms with E-state index in [1.165, 1.54) is 6.33 Å². The number of alkyl carbamates (subject to hydrolysis) is 1. The largest absolute Gasteiger partial charge is 0.445 e. The first-order valence-electron chi connectivity index (χ1n) is 17.2. The fourth-order valence-electron chi connectivity index (χ4n) is 5.41. The lowest BCUT2D eigenvalue weighted by atomic mass is 9.95. The number of ether oxygens (including phenoxy) is 1. The second-order valence-electron chi connectivity index (χ2n) is 13.0. The number of aromatic nitrogens is 2. The molecule has 0 aliphatic heterocycles. The summed E-state index contributed by atoms with van der Waals surface area (Å²) in [4.78, 5) is 60.5. The molecule has 0 bridgehead atoms. The van der Waals surface area contributed by atoms with Gasteiger partial charge in [-0.25, -0.2) is 9.78 Å². The molecule has 0 radical (unpaired) electrons. The molecule has 4 amide bonds. The third-order valence-corrected chi connectivity index (χ3v) is 8.49. The van der Waals surface area contributed by atoms with E-state index in [1.54, 1.807) is 6.20 Å². The molecule has 1 aromatic heterocycles. The molecule has 0 spiro atoms. The lowest BCUT2D eigenvalue weighted by Crippen LogP contribution is -2.57. The Kier molecular flexibility index (Phi) is 16.4. The van der Waals surface area contributed by atoms with Gasteiger partial charge in [0.05, 0.1) is 43.2 Å². The average Bonchev–Trinajstić information content (AvgIpc) is 3.62. The minimum atomic E-state index is -1.24. The van der Waals surface area contributed by atoms with Gasteiger partial charge in [0.2, 0.25) is 17.7 Å². The summed E-state index contributed by atoms with van der Waals surface area (Å²) in [5.41, 5.74) is 2.06. The summed E-state index contributed by atoms with van der Waals surface area (Å²) in [6.45, 7) is 7.50. The Morgan fingerprint density at radius 1 is 0.820 bits per heavy atom. The maximum absolute atomic E-state index is 13.9. The minimum Gasteiger partial charge on any atom is -0.445 e. The number of rotatable bonds is 20. The Balaban J connectivity index is 1.77. The smallest absolute Gasteiger partial charge is 0.408 e. The first-order valence-corrected chi connectivity index (χ1v) is 17.2. The molecule has 1 heterocycles. The molecule has 13 heteroatoms. The maximum atomic E-state index is 13.9. The van der Waals surface area contributed by atoms with Crippen LogP contribution in [-0.2, 0) is 38.6 Å². The number of aliphatic hydroxyl groups excluding tert-OH is 2. The van der Waals surface area contributed by atoms with E-state index in [4.69, 9.17) is 4.74 Å². The van der Waals surface area contributed by atoms with Crippen LogP contribution in [0.3, 0.4) is 0 Å². The monoisotopic (exact) mass is 692 g/mol. The van der Waals surface area contributed by atoms with Crippen LogP contribution in [0.5, 0.6) is 0 Å². The van der Waals surface area contributed by atoms with Gasteiger partial charge in [0.25, 0.3) is 0 Å². The van der Waals surface area contributed by atoms with Gasteiger partial charge >= 0.3 is 6.09 Å². The second-order valence-corrected chi connectivity index (χ2v) is 13.0. The summed E-state index contributed by atoms with van der Waals surface area (Å²) in [5.74, 6) is -1.59. The van der Waals surface area contributed by atoms with Gasteiger partial charge in [0.15, 0.2) is 0 Å². The van der Waals surface area contributed by atoms with E-state index in [2.05, 4.69) is 31.2 Å². The van der Waals surface area contributed by atoms with Gasteiger partial charge in [-0.15, -0.1) is 0 Å². The molecule has 7 N–H and O–H groups in total. The number of H-pyrrole nitrogens is 1. The lowest BCUT2D eigenvalue weighted by molar-refractivity contribution is -0.131. The van der Waals surface area contributed by atoms with Crippen LogP contribution in [0, 0.1) is 11.8 Å². The van der Waals surface area contributed by atoms with Crippen molar-refractivity contribution in [1.29, 1.82) is 0 Å². The van der Waals surface area contributed by atoms with Crippen molar-refractivity contribution in [2.24, 2.45) is 11.8 Å². The highest BCUT2D eigenvalue weighted by Gasteiger charge is 2.32. The number of nitrogens with zero attached hydrogens (tertiary/aromatic N) is 1. The highest BCUT2D eigenvalue weighted by molar-refractivity contribution is 5.91. The average molecular weight is 693 g/mol. The van der Waals surface area contributed by atoms with Crippen molar-refractivity contribution in [3.63, 3.8) is 0 Å². The number of aliphatic hydroxyl groups is 2. The fraction of sp³-hybridized carbons (Fsp3) is 0.486. The van der Waals surface area contributed by atoms with E-state index in [-0.39, 0.29) is 44.3 Å². The SMILES string of the molecule is CC[C@H](C)[C@@H](CO)NC(=O)C[C@H](O)[C@H](CC(C)C)NC(=O)[C@H](Cc1c[nH]cn1)NC(=O)[C@H](Cc1ccccc1)NC(=O)OCc1ccccc1. The molecular formula is C37H52N6O7. The molecule has 50 heavy (non-hydrogen) atoms. The summed E-state index contributed by atoms with van der Waals surface area (Å²) < 4.78 is 5.38. The van der Waals surface area contributed by atoms with Crippen molar-refractivity contribution in [3.8, 4) is 0 Å². The lowest BCUT2D eigenvalue weighted by Gasteiger charge is -2.29. The molecular weight excluding hydrogens is 640 g/mol. The van der Waals surface area contributed by atoms with Crippen LogP contribution in [0.2, 0.25) is 0 Å². The molecule has 0 aliphatic rings. The zero-order valence-corrected chi connectivity index (χ0v) is 29.3. The van der Waals surface area contributed by atoms with E-state index in [0.29, 0.717) is 12.1 Å². The van der Waals surface area contributed by atoms with Crippen molar-refractivity contribution < 1.29 is 34.1 Å². The zero-order valence-electron chi connectivity index (χ0n) is 29.3. The Morgan fingerprint density at radius 2 is 1.44 bits per heavy atom. The van der Waals surface area contributed by atoms with Gasteiger partial charge in [0.1, 0.15) is 18.7 Å². The molecule has 272 valence electrons. The fourth-order valence-corrected chi connectivity index (χ4v) is 5.41. The first-order chi connectivity index (χ1) is 24.0. The number of imidazole rings is 1. The third kappa shape index (κ3) is 13.6. The van der Waals surface area contributed by atoms with Gasteiger partial charge in [0, 0.05) is 19.0 Å². The number of benzene rings is 2. The number of carbonyl (C=O) groups is 4. The predicted molar refractivity (Wildman–Crippen MR) is 188 cm³/mol. The molecule has 0 saturated heterocycles. The van der Waals surface area contributed by atoms with Gasteiger partial charge in [-0.05, 0) is 29.4 Å². The zero-order chi connectivity index (χ0) is 36.5. The van der Waals surface area contributed by atoms with E-state index in [1.807, 2.05) is 88.4 Å². The Labute approximate surface area is 294 Å². The van der Waals surface area contributed by atoms with Crippen LogP contribution < -0.4 is 21.3 Å². The van der Waals surface area contributed by atoms with Crippen LogP contribution >= 0.6 is 0 Å². The molecule has 2 aromatic carbocycles. The number of hydrogen-bond donors (Lipinski definition) is 7. The summed E-state index contributed by atoms with van der Waals surface area (Å²) in [6, 6.07) is 14.7. The minimum absolute atomic E-state index is 0.00636. The molecule has 13 nitrogen and oxygen atoms in total. The van der Waals surface area contributed by atoms with Crippen molar-refractivity contribution in [2.75, 3.05) is 6.61 Å². The van der Waals surface area contributed by atoms with Crippen molar-refractivity contribution in [2.45, 2.75) is 96.7 Å². The van der Waals surface area contributed by atoms with E-state index >= 15 is 0 Å². The van der Waals surface area contributed by atoms with E-state index in [0.717, 1.165) is 17.5 Å². The van der Waals surface area contributed by atoms with Crippen LogP contribution in [0.25, 0.3) is 0 Å². The van der Waals surface area contributed by atoms with E-state index in [9.17, 15) is 29.4 Å². The van der Waals surface area contributed by atoms with Gasteiger partial charge < -0.3 is 41.2 Å². The van der Waals surface area contributed by atoms with Gasteiger partial charge in [-0.1, -0.05) is 94.8 Å². The molecule has 6 atom stereocenters. The number of nitrogens with one attached hydrogen (secondary N) is 5. The number of hydrogen-bond acceptors (Lipinski definition) is 8. The number of carbonyl (C=O) groups excluding carboxylic acids is 4. The second kappa shape index (κ2) is 20.7. The molecule has 0 unspecified atom stereocenters. The molecule has 0 saturated carbocycles. The van der Waals surface area contributed by atoms with E-state index < -0.39 is 54.1 Å². The van der Waals surface area contributed by atoms with Crippen LogP contribution in [0.15, 0.2) is 73.2 Å². The summed E-state index contributed by atoms with van der Waals surface area (Å²) in [6.07, 6.45) is 1.96. The van der Waals surface area contributed by atoms with Gasteiger partial charge in [-0.2, -0.15) is 0 Å². The van der Waals surface area contributed by atoms with Crippen molar-refractivity contribution in [1.82, 2.24) is 31.2 Å². The van der Waals surface area contributed by atoms with Crippen molar-refractivity contribution >= 4 is 23.8 Å². The summed E-state index contributed by atoms with van der Waals surface area (Å²) in [5, 5.41) is 32.0. The molecule has 3 aromatic rings. The quantitative estimate of drug-likeness (QED) is 0.0939. The molecule has 0 fully saturated rings. The molecule has 0 aliphatic carbocycles. The highest BCUT2D eigenvalue weighted by atomic mass is 16.5. The standard InChI is InChI=1S/C37H52N6O7/c1-5-25(4)32(21-44)40-34(46)19-33(45)29(16-24(2)3)41-36(48)31(18-28-20-38-23-39-28)42-35(47)30(17-26-12-8-6-9-13-26)43-37(49)50-22-27-14-10-7-11-15-27/h6-15,20,23-25,29-33,44-45H,5,16-19,21-22H2,1-4H3,(H,38,39)(H,40,46)(H,41,48)(H,42,47)(H,43,49)/t25-,29-,30-,31-,32+,33-/m0/s1. The predicted octanol–water partition coefficient (Wildman–Crippen LogP) is 2.78.